The van der Waals surface area contributed by atoms with Gasteiger partial charge in [-0.05, 0) is 36.8 Å². The fraction of sp³-hybridized carbons (Fsp3) is 0.294. The van der Waals surface area contributed by atoms with Gasteiger partial charge in [-0.1, -0.05) is 18.2 Å². The molecule has 0 aliphatic carbocycles. The molecule has 0 bridgehead atoms. The monoisotopic (exact) mass is 287 g/mol. The summed E-state index contributed by atoms with van der Waals surface area (Å²) in [5.41, 5.74) is 2.08. The number of hydrogen-bond donors (Lipinski definition) is 1. The predicted octanol–water partition coefficient (Wildman–Crippen LogP) is 3.71. The Labute approximate surface area is 125 Å². The van der Waals surface area contributed by atoms with Crippen molar-refractivity contribution in [3.8, 4) is 17.2 Å². The molecule has 0 saturated heterocycles. The number of methoxy groups -OCH3 is 2. The van der Waals surface area contributed by atoms with Crippen LogP contribution in [0.3, 0.4) is 0 Å². The van der Waals surface area contributed by atoms with Crippen LogP contribution >= 0.6 is 0 Å². The third-order valence-corrected chi connectivity index (χ3v) is 3.12. The highest BCUT2D eigenvalue weighted by Crippen LogP contribution is 2.29. The normalized spacial score (nSPS) is 10.0. The van der Waals surface area contributed by atoms with E-state index in [1.54, 1.807) is 14.2 Å². The summed E-state index contributed by atoms with van der Waals surface area (Å²) >= 11 is 0. The first-order valence-electron chi connectivity index (χ1n) is 6.95. The van der Waals surface area contributed by atoms with Crippen molar-refractivity contribution in [2.24, 2.45) is 0 Å². The number of ether oxygens (including phenoxy) is 3. The van der Waals surface area contributed by atoms with Gasteiger partial charge < -0.3 is 19.5 Å². The molecule has 0 aromatic heterocycles. The minimum Gasteiger partial charge on any atom is -0.495 e. The molecule has 0 radical (unpaired) electrons. The standard InChI is InChI=1S/C17H21NO3/c1-4-21-16-10-9-13(11-17(16)20-3)12-18-14-7-5-6-8-15(14)19-2/h5-11,18H,4,12H2,1-3H3. The summed E-state index contributed by atoms with van der Waals surface area (Å²) in [6.07, 6.45) is 0. The zero-order valence-electron chi connectivity index (χ0n) is 12.7. The van der Waals surface area contributed by atoms with Crippen LogP contribution in [0, 0.1) is 0 Å². The Bertz CT molecular complexity index is 584. The Morgan fingerprint density at radius 1 is 0.905 bits per heavy atom. The maximum absolute atomic E-state index is 5.52. The highest BCUT2D eigenvalue weighted by atomic mass is 16.5. The summed E-state index contributed by atoms with van der Waals surface area (Å²) in [6, 6.07) is 13.8. The SMILES string of the molecule is CCOc1ccc(CNc2ccccc2OC)cc1OC. The quantitative estimate of drug-likeness (QED) is 0.842. The van der Waals surface area contributed by atoms with Crippen LogP contribution in [0.15, 0.2) is 42.5 Å². The fourth-order valence-electron chi connectivity index (χ4n) is 2.08. The molecule has 0 saturated carbocycles. The second-order valence-electron chi connectivity index (χ2n) is 4.47. The summed E-state index contributed by atoms with van der Waals surface area (Å²) in [6.45, 7) is 3.26. The molecule has 0 atom stereocenters. The minimum atomic E-state index is 0.620. The van der Waals surface area contributed by atoms with E-state index >= 15 is 0 Å². The largest absolute Gasteiger partial charge is 0.495 e. The Hall–Kier alpha value is -2.36. The number of nitrogens with one attached hydrogen (secondary N) is 1. The molecular formula is C17H21NO3. The summed E-state index contributed by atoms with van der Waals surface area (Å²) in [4.78, 5) is 0. The van der Waals surface area contributed by atoms with Crippen molar-refractivity contribution < 1.29 is 14.2 Å². The zero-order chi connectivity index (χ0) is 15.1. The lowest BCUT2D eigenvalue weighted by molar-refractivity contribution is 0.310. The van der Waals surface area contributed by atoms with E-state index in [0.717, 1.165) is 28.5 Å². The van der Waals surface area contributed by atoms with Gasteiger partial charge >= 0.3 is 0 Å². The first-order valence-corrected chi connectivity index (χ1v) is 6.95. The first-order chi connectivity index (χ1) is 10.3. The van der Waals surface area contributed by atoms with Gasteiger partial charge in [0.15, 0.2) is 11.5 Å². The second kappa shape index (κ2) is 7.43. The first kappa shape index (κ1) is 15.0. The van der Waals surface area contributed by atoms with E-state index in [-0.39, 0.29) is 0 Å². The summed E-state index contributed by atoms with van der Waals surface area (Å²) in [5.74, 6) is 2.34. The Kier molecular flexibility index (Phi) is 5.32. The molecule has 1 N–H and O–H groups in total. The number of para-hydroxylation sites is 2. The van der Waals surface area contributed by atoms with Crippen LogP contribution in [-0.4, -0.2) is 20.8 Å². The fourth-order valence-corrected chi connectivity index (χ4v) is 2.08. The van der Waals surface area contributed by atoms with Crippen molar-refractivity contribution in [1.82, 2.24) is 0 Å². The number of rotatable bonds is 7. The van der Waals surface area contributed by atoms with Gasteiger partial charge in [-0.2, -0.15) is 0 Å². The van der Waals surface area contributed by atoms with Crippen LogP contribution in [0.25, 0.3) is 0 Å². The zero-order valence-corrected chi connectivity index (χ0v) is 12.7. The van der Waals surface area contributed by atoms with E-state index in [9.17, 15) is 0 Å². The van der Waals surface area contributed by atoms with Gasteiger partial charge in [0.25, 0.3) is 0 Å². The molecule has 2 rings (SSSR count). The summed E-state index contributed by atoms with van der Waals surface area (Å²) < 4.78 is 16.2. The molecule has 4 heteroatoms. The number of benzene rings is 2. The maximum Gasteiger partial charge on any atom is 0.161 e. The van der Waals surface area contributed by atoms with Crippen LogP contribution in [0.5, 0.6) is 17.2 Å². The predicted molar refractivity (Wildman–Crippen MR) is 84.5 cm³/mol. The molecule has 0 heterocycles. The van der Waals surface area contributed by atoms with Crippen molar-refractivity contribution in [3.05, 3.63) is 48.0 Å². The second-order valence-corrected chi connectivity index (χ2v) is 4.47. The van der Waals surface area contributed by atoms with Crippen LogP contribution < -0.4 is 19.5 Å². The highest BCUT2D eigenvalue weighted by Gasteiger charge is 2.06. The molecule has 2 aromatic rings. The topological polar surface area (TPSA) is 39.7 Å². The molecule has 0 aliphatic rings. The molecule has 0 spiro atoms. The molecule has 21 heavy (non-hydrogen) atoms. The Morgan fingerprint density at radius 2 is 1.67 bits per heavy atom. The van der Waals surface area contributed by atoms with Crippen molar-refractivity contribution in [2.75, 3.05) is 26.1 Å². The van der Waals surface area contributed by atoms with E-state index in [1.807, 2.05) is 49.4 Å². The number of anilines is 1. The smallest absolute Gasteiger partial charge is 0.161 e. The van der Waals surface area contributed by atoms with Crippen molar-refractivity contribution in [3.63, 3.8) is 0 Å². The van der Waals surface area contributed by atoms with Gasteiger partial charge in [0, 0.05) is 6.54 Å². The minimum absolute atomic E-state index is 0.620. The van der Waals surface area contributed by atoms with Crippen LogP contribution in [0.2, 0.25) is 0 Å². The average molecular weight is 287 g/mol. The van der Waals surface area contributed by atoms with Crippen LogP contribution in [0.4, 0.5) is 5.69 Å². The molecule has 4 nitrogen and oxygen atoms in total. The third kappa shape index (κ3) is 3.81. The molecule has 112 valence electrons. The summed E-state index contributed by atoms with van der Waals surface area (Å²) in [7, 11) is 3.32. The van der Waals surface area contributed by atoms with Crippen LogP contribution in [0.1, 0.15) is 12.5 Å². The van der Waals surface area contributed by atoms with Crippen molar-refractivity contribution >= 4 is 5.69 Å². The highest BCUT2D eigenvalue weighted by molar-refractivity contribution is 5.56. The number of hydrogen-bond acceptors (Lipinski definition) is 4. The lowest BCUT2D eigenvalue weighted by atomic mass is 10.2. The average Bonchev–Trinajstić information content (AvgIpc) is 2.54. The molecular weight excluding hydrogens is 266 g/mol. The van der Waals surface area contributed by atoms with Gasteiger partial charge in [0.05, 0.1) is 26.5 Å². The van der Waals surface area contributed by atoms with Gasteiger partial charge in [0.2, 0.25) is 0 Å². The maximum atomic E-state index is 5.52. The van der Waals surface area contributed by atoms with E-state index < -0.39 is 0 Å². The molecule has 0 fully saturated rings. The van der Waals surface area contributed by atoms with Crippen LogP contribution in [-0.2, 0) is 6.54 Å². The molecule has 2 aromatic carbocycles. The van der Waals surface area contributed by atoms with Gasteiger partial charge in [-0.25, -0.2) is 0 Å². The Morgan fingerprint density at radius 3 is 2.38 bits per heavy atom. The Balaban J connectivity index is 2.09. The van der Waals surface area contributed by atoms with E-state index in [0.29, 0.717) is 13.2 Å². The lowest BCUT2D eigenvalue weighted by Gasteiger charge is -2.13. The van der Waals surface area contributed by atoms with E-state index in [2.05, 4.69) is 5.32 Å². The molecule has 0 aliphatic heterocycles. The third-order valence-electron chi connectivity index (χ3n) is 3.12. The van der Waals surface area contributed by atoms with E-state index in [4.69, 9.17) is 14.2 Å². The summed E-state index contributed by atoms with van der Waals surface area (Å²) in [5, 5.41) is 3.36. The lowest BCUT2D eigenvalue weighted by Crippen LogP contribution is -2.02. The van der Waals surface area contributed by atoms with Gasteiger partial charge in [-0.3, -0.25) is 0 Å². The van der Waals surface area contributed by atoms with E-state index in [1.165, 1.54) is 0 Å². The van der Waals surface area contributed by atoms with Crippen molar-refractivity contribution in [1.29, 1.82) is 0 Å². The molecule has 0 unspecified atom stereocenters. The van der Waals surface area contributed by atoms with Crippen molar-refractivity contribution in [2.45, 2.75) is 13.5 Å². The van der Waals surface area contributed by atoms with Gasteiger partial charge in [-0.15, -0.1) is 0 Å². The van der Waals surface area contributed by atoms with Gasteiger partial charge in [0.1, 0.15) is 5.75 Å². The molecule has 0 amide bonds.